The fourth-order valence-corrected chi connectivity index (χ4v) is 3.70. The molecule has 7 heteroatoms. The van der Waals surface area contributed by atoms with Gasteiger partial charge in [0.25, 0.3) is 0 Å². The van der Waals surface area contributed by atoms with E-state index in [1.807, 2.05) is 12.1 Å². The van der Waals surface area contributed by atoms with Gasteiger partial charge in [-0.1, -0.05) is 11.6 Å². The van der Waals surface area contributed by atoms with Crippen molar-refractivity contribution in [2.75, 3.05) is 46.6 Å². The van der Waals surface area contributed by atoms with Gasteiger partial charge in [-0.25, -0.2) is 4.99 Å². The SMILES string of the molecule is CCNC(=NCc1cc(Cl)c2c(c1)OCCO2)N(C)CCC1CCOCC1. The summed E-state index contributed by atoms with van der Waals surface area (Å²) in [6.45, 7) is 7.32. The fraction of sp³-hybridized carbons (Fsp3) is 0.650. The van der Waals surface area contributed by atoms with Crippen LogP contribution in [-0.2, 0) is 11.3 Å². The first kappa shape index (κ1) is 20.1. The number of halogens is 1. The molecule has 2 aliphatic rings. The maximum atomic E-state index is 6.33. The highest BCUT2D eigenvalue weighted by atomic mass is 35.5. The number of nitrogens with zero attached hydrogens (tertiary/aromatic N) is 2. The highest BCUT2D eigenvalue weighted by Crippen LogP contribution is 2.38. The maximum absolute atomic E-state index is 6.33. The van der Waals surface area contributed by atoms with Crippen molar-refractivity contribution in [2.24, 2.45) is 10.9 Å². The zero-order chi connectivity index (χ0) is 19.1. The van der Waals surface area contributed by atoms with Crippen molar-refractivity contribution < 1.29 is 14.2 Å². The molecule has 0 atom stereocenters. The molecule has 3 rings (SSSR count). The Labute approximate surface area is 166 Å². The molecule has 0 aromatic heterocycles. The summed E-state index contributed by atoms with van der Waals surface area (Å²) in [7, 11) is 2.09. The highest BCUT2D eigenvalue weighted by Gasteiger charge is 2.17. The molecule has 0 unspecified atom stereocenters. The number of nitrogens with one attached hydrogen (secondary N) is 1. The van der Waals surface area contributed by atoms with Crippen LogP contribution in [0.25, 0.3) is 0 Å². The Morgan fingerprint density at radius 2 is 2.00 bits per heavy atom. The van der Waals surface area contributed by atoms with Gasteiger partial charge in [0.1, 0.15) is 13.2 Å². The quantitative estimate of drug-likeness (QED) is 0.591. The molecule has 1 aromatic rings. The van der Waals surface area contributed by atoms with Gasteiger partial charge in [-0.3, -0.25) is 0 Å². The van der Waals surface area contributed by atoms with E-state index in [1.165, 1.54) is 6.42 Å². The van der Waals surface area contributed by atoms with Crippen LogP contribution in [0.1, 0.15) is 31.7 Å². The normalized spacial score (nSPS) is 17.7. The minimum absolute atomic E-state index is 0.534. The number of rotatable bonds is 6. The largest absolute Gasteiger partial charge is 0.486 e. The number of hydrogen-bond acceptors (Lipinski definition) is 4. The van der Waals surface area contributed by atoms with E-state index in [9.17, 15) is 0 Å². The van der Waals surface area contributed by atoms with E-state index < -0.39 is 0 Å². The standard InChI is InChI=1S/C20H30ClN3O3/c1-3-22-20(24(2)7-4-15-5-8-25-9-6-15)23-14-16-12-17(21)19-18(13-16)26-10-11-27-19/h12-13,15H,3-11,14H2,1-2H3,(H,22,23). The van der Waals surface area contributed by atoms with Crippen molar-refractivity contribution in [1.82, 2.24) is 10.2 Å². The Balaban J connectivity index is 1.61. The van der Waals surface area contributed by atoms with Crippen LogP contribution in [0.15, 0.2) is 17.1 Å². The number of hydrogen-bond donors (Lipinski definition) is 1. The van der Waals surface area contributed by atoms with Crippen LogP contribution in [-0.4, -0.2) is 57.4 Å². The van der Waals surface area contributed by atoms with Gasteiger partial charge in [-0.15, -0.1) is 0 Å². The van der Waals surface area contributed by atoms with Crippen LogP contribution in [0.3, 0.4) is 0 Å². The minimum atomic E-state index is 0.534. The lowest BCUT2D eigenvalue weighted by molar-refractivity contribution is 0.0625. The Morgan fingerprint density at radius 3 is 2.78 bits per heavy atom. The van der Waals surface area contributed by atoms with Gasteiger partial charge in [0.15, 0.2) is 17.5 Å². The van der Waals surface area contributed by atoms with E-state index in [4.69, 9.17) is 30.8 Å². The summed E-state index contributed by atoms with van der Waals surface area (Å²) >= 11 is 6.33. The number of ether oxygens (including phenoxy) is 3. The van der Waals surface area contributed by atoms with Crippen molar-refractivity contribution in [1.29, 1.82) is 0 Å². The van der Waals surface area contributed by atoms with Gasteiger partial charge < -0.3 is 24.4 Å². The minimum Gasteiger partial charge on any atom is -0.486 e. The molecular formula is C20H30ClN3O3. The maximum Gasteiger partial charge on any atom is 0.193 e. The molecule has 2 aliphatic heterocycles. The molecule has 1 fully saturated rings. The second-order valence-corrected chi connectivity index (χ2v) is 7.45. The first-order valence-corrected chi connectivity index (χ1v) is 10.2. The molecule has 27 heavy (non-hydrogen) atoms. The van der Waals surface area contributed by atoms with Gasteiger partial charge in [0, 0.05) is 33.4 Å². The molecular weight excluding hydrogens is 366 g/mol. The van der Waals surface area contributed by atoms with Crippen LogP contribution in [0.4, 0.5) is 0 Å². The molecule has 6 nitrogen and oxygen atoms in total. The molecule has 0 spiro atoms. The van der Waals surface area contributed by atoms with E-state index in [0.29, 0.717) is 36.3 Å². The van der Waals surface area contributed by atoms with E-state index in [2.05, 4.69) is 24.2 Å². The highest BCUT2D eigenvalue weighted by molar-refractivity contribution is 6.32. The number of benzene rings is 1. The molecule has 0 radical (unpaired) electrons. The van der Waals surface area contributed by atoms with Crippen LogP contribution >= 0.6 is 11.6 Å². The van der Waals surface area contributed by atoms with Crippen LogP contribution in [0, 0.1) is 5.92 Å². The van der Waals surface area contributed by atoms with Crippen LogP contribution in [0.5, 0.6) is 11.5 Å². The third-order valence-corrected chi connectivity index (χ3v) is 5.26. The molecule has 0 aliphatic carbocycles. The smallest absolute Gasteiger partial charge is 0.193 e. The second-order valence-electron chi connectivity index (χ2n) is 7.04. The lowest BCUT2D eigenvalue weighted by Gasteiger charge is -2.27. The van der Waals surface area contributed by atoms with Crippen molar-refractivity contribution in [3.63, 3.8) is 0 Å². The Morgan fingerprint density at radius 1 is 1.22 bits per heavy atom. The van der Waals surface area contributed by atoms with Crippen molar-refractivity contribution in [3.05, 3.63) is 22.7 Å². The summed E-state index contributed by atoms with van der Waals surface area (Å²) in [6, 6.07) is 3.87. The molecule has 0 bridgehead atoms. The first-order chi connectivity index (χ1) is 13.2. The molecule has 0 amide bonds. The number of aliphatic imine (C=N–C) groups is 1. The van der Waals surface area contributed by atoms with Gasteiger partial charge in [0.05, 0.1) is 11.6 Å². The summed E-state index contributed by atoms with van der Waals surface area (Å²) < 4.78 is 16.7. The molecule has 1 saturated heterocycles. The van der Waals surface area contributed by atoms with Gasteiger partial charge in [0.2, 0.25) is 0 Å². The number of fused-ring (bicyclic) bond motifs is 1. The molecule has 150 valence electrons. The van der Waals surface area contributed by atoms with Gasteiger partial charge in [-0.05, 0) is 49.8 Å². The van der Waals surface area contributed by atoms with Crippen LogP contribution < -0.4 is 14.8 Å². The van der Waals surface area contributed by atoms with E-state index in [0.717, 1.165) is 56.6 Å². The van der Waals surface area contributed by atoms with Crippen molar-refractivity contribution in [3.8, 4) is 11.5 Å². The van der Waals surface area contributed by atoms with Crippen molar-refractivity contribution >= 4 is 17.6 Å². The fourth-order valence-electron chi connectivity index (χ4n) is 3.41. The molecule has 1 aromatic carbocycles. The predicted molar refractivity (Wildman–Crippen MR) is 108 cm³/mol. The molecule has 2 heterocycles. The monoisotopic (exact) mass is 395 g/mol. The van der Waals surface area contributed by atoms with E-state index in [-0.39, 0.29) is 0 Å². The Kier molecular flexibility index (Phi) is 7.47. The molecule has 0 saturated carbocycles. The van der Waals surface area contributed by atoms with Crippen LogP contribution in [0.2, 0.25) is 5.02 Å². The predicted octanol–water partition coefficient (Wildman–Crippen LogP) is 3.33. The summed E-state index contributed by atoms with van der Waals surface area (Å²) in [4.78, 5) is 7.00. The van der Waals surface area contributed by atoms with Gasteiger partial charge in [-0.2, -0.15) is 0 Å². The summed E-state index contributed by atoms with van der Waals surface area (Å²) in [6.07, 6.45) is 3.49. The third-order valence-electron chi connectivity index (χ3n) is 4.98. The second kappa shape index (κ2) is 10.0. The average Bonchev–Trinajstić information content (AvgIpc) is 2.70. The Bertz CT molecular complexity index is 648. The summed E-state index contributed by atoms with van der Waals surface area (Å²) in [5.74, 6) is 3.00. The molecule has 1 N–H and O–H groups in total. The third kappa shape index (κ3) is 5.66. The first-order valence-electron chi connectivity index (χ1n) is 9.82. The van der Waals surface area contributed by atoms with E-state index >= 15 is 0 Å². The van der Waals surface area contributed by atoms with Gasteiger partial charge >= 0.3 is 0 Å². The summed E-state index contributed by atoms with van der Waals surface area (Å²) in [5.41, 5.74) is 1.01. The lowest BCUT2D eigenvalue weighted by atomic mass is 9.96. The summed E-state index contributed by atoms with van der Waals surface area (Å²) in [5, 5.41) is 3.96. The topological polar surface area (TPSA) is 55.3 Å². The Hall–Kier alpha value is -1.66. The van der Waals surface area contributed by atoms with Crippen molar-refractivity contribution in [2.45, 2.75) is 32.7 Å². The lowest BCUT2D eigenvalue weighted by Crippen LogP contribution is -2.40. The van der Waals surface area contributed by atoms with E-state index in [1.54, 1.807) is 0 Å². The zero-order valence-electron chi connectivity index (χ0n) is 16.3. The number of guanidine groups is 1. The average molecular weight is 396 g/mol. The zero-order valence-corrected chi connectivity index (χ0v) is 17.1.